The van der Waals surface area contributed by atoms with Gasteiger partial charge in [0.1, 0.15) is 5.82 Å². The zero-order valence-corrected chi connectivity index (χ0v) is 10.9. The van der Waals surface area contributed by atoms with Gasteiger partial charge in [-0.25, -0.2) is 9.37 Å². The van der Waals surface area contributed by atoms with Gasteiger partial charge in [0, 0.05) is 29.5 Å². The molecule has 0 bridgehead atoms. The highest BCUT2D eigenvalue weighted by molar-refractivity contribution is 6.31. The zero-order valence-electron chi connectivity index (χ0n) is 10.2. The molecule has 0 saturated carbocycles. The molecule has 0 aliphatic rings. The molecule has 3 aromatic rings. The molecule has 0 aliphatic carbocycles. The van der Waals surface area contributed by atoms with Gasteiger partial charge in [0.15, 0.2) is 11.6 Å². The second-order valence-corrected chi connectivity index (χ2v) is 4.41. The molecule has 8 heteroatoms. The standard InChI is InChI=1S/C12H10ClFN6/c13-8-2-1-3-9(14)7(8)6-17-12-18-11(19-20-12)10-15-4-5-16-10/h1-5H,6H2,(H,15,16)(H2,17,18,19,20). The van der Waals surface area contributed by atoms with Crippen LogP contribution in [0.25, 0.3) is 11.6 Å². The predicted octanol–water partition coefficient (Wildman–Crippen LogP) is 2.60. The van der Waals surface area contributed by atoms with Gasteiger partial charge in [0.2, 0.25) is 5.95 Å². The van der Waals surface area contributed by atoms with Crippen LogP contribution in [0.5, 0.6) is 0 Å². The number of nitrogens with one attached hydrogen (secondary N) is 3. The third-order valence-corrected chi connectivity index (χ3v) is 3.05. The fourth-order valence-electron chi connectivity index (χ4n) is 1.71. The summed E-state index contributed by atoms with van der Waals surface area (Å²) in [5, 5.41) is 9.97. The third-order valence-electron chi connectivity index (χ3n) is 2.69. The monoisotopic (exact) mass is 292 g/mol. The highest BCUT2D eigenvalue weighted by Gasteiger charge is 2.10. The summed E-state index contributed by atoms with van der Waals surface area (Å²) in [5.41, 5.74) is 0.374. The minimum absolute atomic E-state index is 0.195. The molecule has 2 aromatic heterocycles. The van der Waals surface area contributed by atoms with Gasteiger partial charge in [-0.2, -0.15) is 4.98 Å². The summed E-state index contributed by atoms with van der Waals surface area (Å²) < 4.78 is 13.6. The fraction of sp³-hybridized carbons (Fsp3) is 0.0833. The molecule has 102 valence electrons. The van der Waals surface area contributed by atoms with Crippen molar-refractivity contribution in [3.63, 3.8) is 0 Å². The van der Waals surface area contributed by atoms with Crippen LogP contribution in [0.1, 0.15) is 5.56 Å². The fourth-order valence-corrected chi connectivity index (χ4v) is 1.94. The molecule has 3 N–H and O–H groups in total. The van der Waals surface area contributed by atoms with Crippen molar-refractivity contribution in [3.05, 3.63) is 47.0 Å². The van der Waals surface area contributed by atoms with E-state index in [9.17, 15) is 4.39 Å². The highest BCUT2D eigenvalue weighted by atomic mass is 35.5. The molecule has 0 atom stereocenters. The van der Waals surface area contributed by atoms with Gasteiger partial charge < -0.3 is 10.3 Å². The van der Waals surface area contributed by atoms with Gasteiger partial charge in [-0.05, 0) is 12.1 Å². The van der Waals surface area contributed by atoms with Crippen molar-refractivity contribution >= 4 is 17.5 Å². The Labute approximate surface area is 118 Å². The zero-order chi connectivity index (χ0) is 13.9. The maximum Gasteiger partial charge on any atom is 0.242 e. The van der Waals surface area contributed by atoms with E-state index >= 15 is 0 Å². The number of benzene rings is 1. The largest absolute Gasteiger partial charge is 0.349 e. The van der Waals surface area contributed by atoms with Crippen LogP contribution in [-0.2, 0) is 6.54 Å². The summed E-state index contributed by atoms with van der Waals surface area (Å²) in [4.78, 5) is 11.1. The number of hydrogen-bond acceptors (Lipinski definition) is 4. The van der Waals surface area contributed by atoms with Crippen molar-refractivity contribution in [2.24, 2.45) is 0 Å². The number of anilines is 1. The number of aromatic nitrogens is 5. The topological polar surface area (TPSA) is 82.3 Å². The molecule has 6 nitrogen and oxygen atoms in total. The lowest BCUT2D eigenvalue weighted by Gasteiger charge is -2.05. The average Bonchev–Trinajstić information content (AvgIpc) is 3.09. The molecule has 1 aromatic carbocycles. The molecular formula is C12H10ClFN6. The highest BCUT2D eigenvalue weighted by Crippen LogP contribution is 2.20. The molecule has 0 aliphatic heterocycles. The summed E-state index contributed by atoms with van der Waals surface area (Å²) in [6.07, 6.45) is 3.30. The van der Waals surface area contributed by atoms with Crippen molar-refractivity contribution < 1.29 is 4.39 Å². The third kappa shape index (κ3) is 2.48. The van der Waals surface area contributed by atoms with Crippen LogP contribution < -0.4 is 5.32 Å². The second kappa shape index (κ2) is 5.30. The van der Waals surface area contributed by atoms with Gasteiger partial charge in [-0.3, -0.25) is 5.10 Å². The lowest BCUT2D eigenvalue weighted by Crippen LogP contribution is -2.04. The van der Waals surface area contributed by atoms with E-state index in [1.54, 1.807) is 24.5 Å². The van der Waals surface area contributed by atoms with Gasteiger partial charge in [-0.1, -0.05) is 17.7 Å². The lowest BCUT2D eigenvalue weighted by molar-refractivity contribution is 0.613. The van der Waals surface area contributed by atoms with E-state index in [0.717, 1.165) is 0 Å². The Morgan fingerprint density at radius 1 is 1.30 bits per heavy atom. The molecule has 3 rings (SSSR count). The molecule has 0 unspecified atom stereocenters. The van der Waals surface area contributed by atoms with Gasteiger partial charge in [0.05, 0.1) is 0 Å². The van der Waals surface area contributed by atoms with E-state index in [4.69, 9.17) is 11.6 Å². The number of nitrogens with zero attached hydrogens (tertiary/aromatic N) is 3. The quantitative estimate of drug-likeness (QED) is 0.690. The molecule has 0 saturated heterocycles. The first-order valence-corrected chi connectivity index (χ1v) is 6.21. The van der Waals surface area contributed by atoms with Crippen molar-refractivity contribution in [1.82, 2.24) is 25.1 Å². The Bertz CT molecular complexity index is 688. The van der Waals surface area contributed by atoms with Crippen LogP contribution in [0.4, 0.5) is 10.3 Å². The van der Waals surface area contributed by atoms with Crippen molar-refractivity contribution in [3.8, 4) is 11.6 Å². The van der Waals surface area contributed by atoms with E-state index in [-0.39, 0.29) is 12.4 Å². The van der Waals surface area contributed by atoms with Crippen LogP contribution in [0.3, 0.4) is 0 Å². The first kappa shape index (κ1) is 12.6. The minimum Gasteiger partial charge on any atom is -0.349 e. The van der Waals surface area contributed by atoms with E-state index < -0.39 is 0 Å². The number of aromatic amines is 2. The molecule has 2 heterocycles. The van der Waals surface area contributed by atoms with E-state index in [1.807, 2.05) is 0 Å². The van der Waals surface area contributed by atoms with Gasteiger partial charge >= 0.3 is 0 Å². The predicted molar refractivity (Wildman–Crippen MR) is 72.7 cm³/mol. The van der Waals surface area contributed by atoms with Crippen LogP contribution in [0.2, 0.25) is 5.02 Å². The molecule has 0 amide bonds. The molecule has 0 radical (unpaired) electrons. The van der Waals surface area contributed by atoms with Crippen LogP contribution in [0.15, 0.2) is 30.6 Å². The number of imidazole rings is 1. The van der Waals surface area contributed by atoms with Gasteiger partial charge in [0.25, 0.3) is 0 Å². The molecule has 0 spiro atoms. The first-order chi connectivity index (χ1) is 9.74. The van der Waals surface area contributed by atoms with E-state index in [1.165, 1.54) is 6.07 Å². The molecular weight excluding hydrogens is 283 g/mol. The normalized spacial score (nSPS) is 10.7. The van der Waals surface area contributed by atoms with E-state index in [2.05, 4.69) is 30.5 Å². The SMILES string of the molecule is Fc1cccc(Cl)c1CNc1n[nH]c(-c2ncc[nH]2)n1. The van der Waals surface area contributed by atoms with Crippen LogP contribution >= 0.6 is 11.6 Å². The number of halogens is 2. The Morgan fingerprint density at radius 2 is 2.20 bits per heavy atom. The summed E-state index contributed by atoms with van der Waals surface area (Å²) in [6.45, 7) is 0.195. The summed E-state index contributed by atoms with van der Waals surface area (Å²) >= 11 is 5.94. The molecule has 20 heavy (non-hydrogen) atoms. The average molecular weight is 293 g/mol. The summed E-state index contributed by atoms with van der Waals surface area (Å²) in [6, 6.07) is 4.55. The van der Waals surface area contributed by atoms with Crippen molar-refractivity contribution in [1.29, 1.82) is 0 Å². The van der Waals surface area contributed by atoms with Crippen LogP contribution in [-0.4, -0.2) is 25.1 Å². The maximum atomic E-state index is 13.6. The number of H-pyrrole nitrogens is 2. The molecule has 0 fully saturated rings. The van der Waals surface area contributed by atoms with E-state index in [0.29, 0.717) is 28.2 Å². The first-order valence-electron chi connectivity index (χ1n) is 5.83. The number of hydrogen-bond donors (Lipinski definition) is 3. The number of rotatable bonds is 4. The lowest BCUT2D eigenvalue weighted by atomic mass is 10.2. The Kier molecular flexibility index (Phi) is 3.34. The van der Waals surface area contributed by atoms with Gasteiger partial charge in [-0.15, -0.1) is 5.10 Å². The Hall–Kier alpha value is -2.41. The Morgan fingerprint density at radius 3 is 2.95 bits per heavy atom. The smallest absolute Gasteiger partial charge is 0.242 e. The summed E-state index contributed by atoms with van der Waals surface area (Å²) in [5.74, 6) is 1.05. The Balaban J connectivity index is 1.73. The van der Waals surface area contributed by atoms with Crippen molar-refractivity contribution in [2.75, 3.05) is 5.32 Å². The van der Waals surface area contributed by atoms with Crippen molar-refractivity contribution in [2.45, 2.75) is 6.54 Å². The second-order valence-electron chi connectivity index (χ2n) is 4.00. The maximum absolute atomic E-state index is 13.6. The van der Waals surface area contributed by atoms with Crippen LogP contribution in [0, 0.1) is 5.82 Å². The summed E-state index contributed by atoms with van der Waals surface area (Å²) in [7, 11) is 0. The minimum atomic E-state index is -0.369.